The van der Waals surface area contributed by atoms with Crippen molar-refractivity contribution >= 4 is 17.4 Å². The van der Waals surface area contributed by atoms with Gasteiger partial charge in [0.15, 0.2) is 0 Å². The lowest BCUT2D eigenvalue weighted by Gasteiger charge is -2.25. The molecule has 0 unspecified atom stereocenters. The van der Waals surface area contributed by atoms with Crippen LogP contribution in [0.3, 0.4) is 0 Å². The molecule has 34 heavy (non-hydrogen) atoms. The second kappa shape index (κ2) is 9.87. The maximum atomic E-state index is 13.6. The number of Topliss-reactive ketones (excluding diaryl/α,β-unsaturated/α-hetero) is 1. The second-order valence-electron chi connectivity index (χ2n) is 8.17. The van der Waals surface area contributed by atoms with Crippen LogP contribution in [-0.4, -0.2) is 33.3 Å². The number of likely N-dealkylation sites (tertiary alicyclic amines) is 1. The molecule has 2 aromatic carbocycles. The third kappa shape index (κ3) is 4.55. The molecule has 1 N–H and O–H groups in total. The average molecular weight is 461 g/mol. The Morgan fingerprint density at radius 3 is 2.56 bits per heavy atom. The molecule has 7 heteroatoms. The van der Waals surface area contributed by atoms with Gasteiger partial charge in [-0.15, -0.1) is 0 Å². The zero-order valence-corrected chi connectivity index (χ0v) is 19.0. The Labute approximate surface area is 197 Å². The number of aliphatic hydroxyl groups is 1. The number of benzene rings is 2. The maximum absolute atomic E-state index is 13.6. The average Bonchev–Trinajstić information content (AvgIpc) is 3.09. The fourth-order valence-electron chi connectivity index (χ4n) is 4.05. The van der Waals surface area contributed by atoms with Gasteiger partial charge in [-0.05, 0) is 66.4 Å². The normalized spacial score (nSPS) is 17.3. The monoisotopic (exact) mass is 460 g/mol. The Hall–Kier alpha value is -4.00. The molecule has 0 radical (unpaired) electrons. The van der Waals surface area contributed by atoms with E-state index in [1.807, 2.05) is 13.8 Å². The number of amides is 1. The molecule has 1 atom stereocenters. The minimum atomic E-state index is -0.878. The van der Waals surface area contributed by atoms with E-state index in [2.05, 4.69) is 4.98 Å². The van der Waals surface area contributed by atoms with Crippen LogP contribution < -0.4 is 4.74 Å². The summed E-state index contributed by atoms with van der Waals surface area (Å²) in [4.78, 5) is 31.7. The molecule has 1 fully saturated rings. The van der Waals surface area contributed by atoms with Crippen molar-refractivity contribution in [3.63, 3.8) is 0 Å². The highest BCUT2D eigenvalue weighted by molar-refractivity contribution is 6.46. The van der Waals surface area contributed by atoms with Crippen molar-refractivity contribution in [2.75, 3.05) is 6.61 Å². The van der Waals surface area contributed by atoms with Crippen molar-refractivity contribution in [1.29, 1.82) is 0 Å². The largest absolute Gasteiger partial charge is 0.507 e. The van der Waals surface area contributed by atoms with E-state index in [1.165, 1.54) is 29.2 Å². The topological polar surface area (TPSA) is 79.7 Å². The molecule has 0 aliphatic carbocycles. The smallest absolute Gasteiger partial charge is 0.295 e. The van der Waals surface area contributed by atoms with Crippen molar-refractivity contribution in [3.05, 3.63) is 101 Å². The van der Waals surface area contributed by atoms with Gasteiger partial charge in [-0.25, -0.2) is 4.39 Å². The van der Waals surface area contributed by atoms with Crippen LogP contribution >= 0.6 is 0 Å². The van der Waals surface area contributed by atoms with Gasteiger partial charge in [0.2, 0.25) is 0 Å². The van der Waals surface area contributed by atoms with Gasteiger partial charge in [0.05, 0.1) is 18.2 Å². The van der Waals surface area contributed by atoms with Crippen LogP contribution in [0.5, 0.6) is 5.75 Å². The highest BCUT2D eigenvalue weighted by Gasteiger charge is 2.46. The van der Waals surface area contributed by atoms with Crippen molar-refractivity contribution in [3.8, 4) is 5.75 Å². The summed E-state index contributed by atoms with van der Waals surface area (Å²) in [7, 11) is 0. The molecule has 1 aromatic heterocycles. The van der Waals surface area contributed by atoms with E-state index in [1.54, 1.807) is 42.7 Å². The molecule has 4 rings (SSSR count). The SMILES string of the molecule is CCCOc1ccc(C(O)=C2C(=O)C(=O)N(Cc3cccnc3)[C@@H]2c2ccc(F)cc2)cc1C. The van der Waals surface area contributed by atoms with Crippen molar-refractivity contribution in [2.24, 2.45) is 0 Å². The molecular formula is C27H25FN2O4. The molecule has 1 saturated heterocycles. The number of carbonyl (C=O) groups is 2. The van der Waals surface area contributed by atoms with Crippen LogP contribution in [0.25, 0.3) is 5.76 Å². The molecular weight excluding hydrogens is 435 g/mol. The van der Waals surface area contributed by atoms with Crippen LogP contribution in [-0.2, 0) is 16.1 Å². The van der Waals surface area contributed by atoms with Crippen LogP contribution in [0.15, 0.2) is 72.6 Å². The van der Waals surface area contributed by atoms with Gasteiger partial charge >= 0.3 is 0 Å². The van der Waals surface area contributed by atoms with Gasteiger partial charge in [-0.3, -0.25) is 14.6 Å². The number of hydrogen-bond acceptors (Lipinski definition) is 5. The number of ketones is 1. The van der Waals surface area contributed by atoms with E-state index >= 15 is 0 Å². The van der Waals surface area contributed by atoms with Crippen molar-refractivity contribution < 1.29 is 23.8 Å². The van der Waals surface area contributed by atoms with E-state index in [0.717, 1.165) is 17.5 Å². The first-order chi connectivity index (χ1) is 16.4. The third-order valence-corrected chi connectivity index (χ3v) is 5.71. The van der Waals surface area contributed by atoms with E-state index in [4.69, 9.17) is 4.74 Å². The summed E-state index contributed by atoms with van der Waals surface area (Å²) >= 11 is 0. The zero-order chi connectivity index (χ0) is 24.2. The van der Waals surface area contributed by atoms with Gasteiger partial charge in [0.25, 0.3) is 11.7 Å². The fraction of sp³-hybridized carbons (Fsp3) is 0.222. The first kappa shape index (κ1) is 23.2. The lowest BCUT2D eigenvalue weighted by Crippen LogP contribution is -2.29. The van der Waals surface area contributed by atoms with E-state index in [0.29, 0.717) is 23.5 Å². The predicted octanol–water partition coefficient (Wildman–Crippen LogP) is 4.94. The number of carbonyl (C=O) groups excluding carboxylic acids is 2. The minimum Gasteiger partial charge on any atom is -0.507 e. The molecule has 0 spiro atoms. The molecule has 2 heterocycles. The van der Waals surface area contributed by atoms with E-state index in [9.17, 15) is 19.1 Å². The summed E-state index contributed by atoms with van der Waals surface area (Å²) < 4.78 is 19.3. The molecule has 6 nitrogen and oxygen atoms in total. The molecule has 174 valence electrons. The summed E-state index contributed by atoms with van der Waals surface area (Å²) in [6.45, 7) is 4.53. The molecule has 1 aliphatic rings. The van der Waals surface area contributed by atoms with Crippen LogP contribution in [0.2, 0.25) is 0 Å². The summed E-state index contributed by atoms with van der Waals surface area (Å²) in [5.74, 6) is -1.57. The number of aryl methyl sites for hydroxylation is 1. The van der Waals surface area contributed by atoms with Crippen LogP contribution in [0.1, 0.15) is 41.6 Å². The van der Waals surface area contributed by atoms with E-state index < -0.39 is 23.5 Å². The van der Waals surface area contributed by atoms with Crippen LogP contribution in [0, 0.1) is 12.7 Å². The highest BCUT2D eigenvalue weighted by atomic mass is 19.1. The summed E-state index contributed by atoms with van der Waals surface area (Å²) in [6, 6.07) is 13.3. The molecule has 0 saturated carbocycles. The Balaban J connectivity index is 1.81. The molecule has 0 bridgehead atoms. The summed E-state index contributed by atoms with van der Waals surface area (Å²) in [6.07, 6.45) is 4.09. The number of rotatable bonds is 7. The molecule has 3 aromatic rings. The molecule has 1 amide bonds. The number of hydrogen-bond donors (Lipinski definition) is 1. The van der Waals surface area contributed by atoms with Gasteiger partial charge < -0.3 is 14.7 Å². The van der Waals surface area contributed by atoms with Crippen molar-refractivity contribution in [1.82, 2.24) is 9.88 Å². The maximum Gasteiger partial charge on any atom is 0.295 e. The second-order valence-corrected chi connectivity index (χ2v) is 8.17. The Morgan fingerprint density at radius 2 is 1.91 bits per heavy atom. The first-order valence-corrected chi connectivity index (χ1v) is 11.1. The summed E-state index contributed by atoms with van der Waals surface area (Å²) in [5.41, 5.74) is 2.39. The number of aromatic nitrogens is 1. The zero-order valence-electron chi connectivity index (χ0n) is 19.0. The first-order valence-electron chi connectivity index (χ1n) is 11.1. The van der Waals surface area contributed by atoms with E-state index in [-0.39, 0.29) is 17.9 Å². The summed E-state index contributed by atoms with van der Waals surface area (Å²) in [5, 5.41) is 11.2. The lowest BCUT2D eigenvalue weighted by atomic mass is 9.94. The minimum absolute atomic E-state index is 0.0397. The Kier molecular flexibility index (Phi) is 6.72. The number of aliphatic hydroxyl groups excluding tert-OH is 1. The number of ether oxygens (including phenoxy) is 1. The van der Waals surface area contributed by atoms with Gasteiger partial charge in [-0.2, -0.15) is 0 Å². The lowest BCUT2D eigenvalue weighted by molar-refractivity contribution is -0.140. The van der Waals surface area contributed by atoms with Gasteiger partial charge in [0.1, 0.15) is 17.3 Å². The highest BCUT2D eigenvalue weighted by Crippen LogP contribution is 2.40. The fourth-order valence-corrected chi connectivity index (χ4v) is 4.05. The van der Waals surface area contributed by atoms with Gasteiger partial charge in [0, 0.05) is 24.5 Å². The number of pyridine rings is 1. The number of nitrogens with zero attached hydrogens (tertiary/aromatic N) is 2. The third-order valence-electron chi connectivity index (χ3n) is 5.71. The Morgan fingerprint density at radius 1 is 1.15 bits per heavy atom. The van der Waals surface area contributed by atoms with Gasteiger partial charge in [-0.1, -0.05) is 25.1 Å². The predicted molar refractivity (Wildman–Crippen MR) is 125 cm³/mol. The quantitative estimate of drug-likeness (QED) is 0.307. The molecule has 1 aliphatic heterocycles. The van der Waals surface area contributed by atoms with Crippen molar-refractivity contribution in [2.45, 2.75) is 32.9 Å². The Bertz CT molecular complexity index is 1240. The number of halogens is 1. The standard InChI is InChI=1S/C27H25FN2O4/c1-3-13-34-22-11-8-20(14-17(22)2)25(31)23-24(19-6-9-21(28)10-7-19)30(27(33)26(23)32)16-18-5-4-12-29-15-18/h4-12,14-15,24,31H,3,13,16H2,1-2H3/t24-/m1/s1. The van der Waals surface area contributed by atoms with Crippen LogP contribution in [0.4, 0.5) is 4.39 Å².